The lowest BCUT2D eigenvalue weighted by Gasteiger charge is -2.25. The van der Waals surface area contributed by atoms with Crippen LogP contribution in [0, 0.1) is 0 Å². The van der Waals surface area contributed by atoms with Crippen molar-refractivity contribution in [3.8, 4) is 11.5 Å². The Balaban J connectivity index is 1.52. The van der Waals surface area contributed by atoms with E-state index < -0.39 is 12.1 Å². The summed E-state index contributed by atoms with van der Waals surface area (Å²) in [5.41, 5.74) is 0.948. The van der Waals surface area contributed by atoms with Crippen molar-refractivity contribution in [3.05, 3.63) is 54.1 Å². The van der Waals surface area contributed by atoms with Gasteiger partial charge in [-0.3, -0.25) is 4.79 Å². The molecule has 0 bridgehead atoms. The Morgan fingerprint density at radius 2 is 1.81 bits per heavy atom. The fourth-order valence-corrected chi connectivity index (χ4v) is 2.48. The molecule has 1 aliphatic heterocycles. The van der Waals surface area contributed by atoms with Crippen molar-refractivity contribution >= 4 is 17.6 Å². The van der Waals surface area contributed by atoms with E-state index in [0.717, 1.165) is 0 Å². The van der Waals surface area contributed by atoms with Crippen molar-refractivity contribution in [2.24, 2.45) is 0 Å². The number of carbonyl (C=O) groups excluding carboxylic acids is 2. The van der Waals surface area contributed by atoms with Crippen molar-refractivity contribution in [2.45, 2.75) is 13.0 Å². The average molecular weight is 371 g/mol. The zero-order valence-corrected chi connectivity index (χ0v) is 15.0. The molecule has 1 atom stereocenters. The third-order valence-corrected chi connectivity index (χ3v) is 3.85. The fraction of sp³-hybridized carbons (Fsp3) is 0.300. The van der Waals surface area contributed by atoms with Gasteiger partial charge >= 0.3 is 5.97 Å². The number of carbonyl (C=O) groups is 2. The van der Waals surface area contributed by atoms with E-state index in [0.29, 0.717) is 36.0 Å². The highest BCUT2D eigenvalue weighted by molar-refractivity contribution is 5.95. The molecule has 2 aromatic rings. The van der Waals surface area contributed by atoms with Crippen LogP contribution in [0.2, 0.25) is 0 Å². The van der Waals surface area contributed by atoms with Crippen LogP contribution in [0.1, 0.15) is 17.3 Å². The molecule has 1 heterocycles. The van der Waals surface area contributed by atoms with E-state index in [4.69, 9.17) is 18.9 Å². The molecule has 7 nitrogen and oxygen atoms in total. The number of ether oxygens (including phenoxy) is 4. The van der Waals surface area contributed by atoms with Gasteiger partial charge in [-0.2, -0.15) is 0 Å². The summed E-state index contributed by atoms with van der Waals surface area (Å²) in [6.07, 6.45) is -0.747. The van der Waals surface area contributed by atoms with E-state index in [2.05, 4.69) is 5.32 Å². The van der Waals surface area contributed by atoms with Crippen molar-refractivity contribution in [1.29, 1.82) is 0 Å². The van der Waals surface area contributed by atoms with Crippen molar-refractivity contribution < 1.29 is 28.5 Å². The molecule has 0 aliphatic carbocycles. The molecule has 0 radical (unpaired) electrons. The van der Waals surface area contributed by atoms with E-state index in [1.807, 2.05) is 19.1 Å². The SMILES string of the molecule is CCOCCOC(=O)c1ccc(NC(=O)[C@H]2COc3ccccc3O2)cc1. The lowest BCUT2D eigenvalue weighted by Crippen LogP contribution is -2.40. The van der Waals surface area contributed by atoms with Crippen LogP contribution < -0.4 is 14.8 Å². The predicted octanol–water partition coefficient (Wildman–Crippen LogP) is 2.66. The van der Waals surface area contributed by atoms with Gasteiger partial charge in [-0.15, -0.1) is 0 Å². The molecule has 0 fully saturated rings. The lowest BCUT2D eigenvalue weighted by molar-refractivity contribution is -0.125. The van der Waals surface area contributed by atoms with Gasteiger partial charge in [-0.05, 0) is 43.3 Å². The maximum atomic E-state index is 12.4. The van der Waals surface area contributed by atoms with Gasteiger partial charge in [0, 0.05) is 12.3 Å². The lowest BCUT2D eigenvalue weighted by atomic mass is 10.2. The Kier molecular flexibility index (Phi) is 6.27. The van der Waals surface area contributed by atoms with Gasteiger partial charge in [0.25, 0.3) is 5.91 Å². The van der Waals surface area contributed by atoms with E-state index in [1.165, 1.54) is 0 Å². The first-order valence-corrected chi connectivity index (χ1v) is 8.71. The molecule has 3 rings (SSSR count). The highest BCUT2D eigenvalue weighted by Crippen LogP contribution is 2.31. The molecule has 0 aromatic heterocycles. The first-order valence-electron chi connectivity index (χ1n) is 8.71. The minimum absolute atomic E-state index is 0.132. The van der Waals surface area contributed by atoms with Gasteiger partial charge in [0.2, 0.25) is 6.10 Å². The minimum atomic E-state index is -0.747. The van der Waals surface area contributed by atoms with Crippen LogP contribution in [0.4, 0.5) is 5.69 Å². The van der Waals surface area contributed by atoms with Crippen LogP contribution in [0.25, 0.3) is 0 Å². The molecule has 0 spiro atoms. The van der Waals surface area contributed by atoms with Gasteiger partial charge in [-0.25, -0.2) is 4.79 Å². The van der Waals surface area contributed by atoms with Gasteiger partial charge < -0.3 is 24.3 Å². The molecule has 0 saturated heterocycles. The van der Waals surface area contributed by atoms with Crippen LogP contribution in [0.3, 0.4) is 0 Å². The molecule has 1 N–H and O–H groups in total. The van der Waals surface area contributed by atoms with Crippen molar-refractivity contribution in [2.75, 3.05) is 31.7 Å². The highest BCUT2D eigenvalue weighted by atomic mass is 16.6. The van der Waals surface area contributed by atoms with Gasteiger partial charge in [0.15, 0.2) is 11.5 Å². The summed E-state index contributed by atoms with van der Waals surface area (Å²) in [5, 5.41) is 2.75. The van der Waals surface area contributed by atoms with Crippen molar-refractivity contribution in [1.82, 2.24) is 0 Å². The molecule has 1 amide bonds. The summed E-state index contributed by atoms with van der Waals surface area (Å²) in [6.45, 7) is 3.15. The number of hydrogen-bond acceptors (Lipinski definition) is 6. The molecule has 0 unspecified atom stereocenters. The summed E-state index contributed by atoms with van der Waals surface area (Å²) < 4.78 is 21.4. The van der Waals surface area contributed by atoms with Crippen LogP contribution in [-0.2, 0) is 14.3 Å². The second-order valence-corrected chi connectivity index (χ2v) is 5.76. The van der Waals surface area contributed by atoms with Gasteiger partial charge in [0.05, 0.1) is 12.2 Å². The summed E-state index contributed by atoms with van der Waals surface area (Å²) in [6, 6.07) is 13.6. The minimum Gasteiger partial charge on any atom is -0.485 e. The number of anilines is 1. The number of esters is 1. The Morgan fingerprint density at radius 3 is 2.56 bits per heavy atom. The summed E-state index contributed by atoms with van der Waals surface area (Å²) in [5.74, 6) is 0.396. The van der Waals surface area contributed by atoms with Gasteiger partial charge in [-0.1, -0.05) is 12.1 Å². The zero-order chi connectivity index (χ0) is 19.1. The maximum Gasteiger partial charge on any atom is 0.338 e. The van der Waals surface area contributed by atoms with Gasteiger partial charge in [0.1, 0.15) is 13.2 Å². The third kappa shape index (κ3) is 4.98. The molecule has 27 heavy (non-hydrogen) atoms. The summed E-state index contributed by atoms with van der Waals surface area (Å²) >= 11 is 0. The number of rotatable bonds is 7. The number of benzene rings is 2. The molecule has 142 valence electrons. The molecule has 0 saturated carbocycles. The standard InChI is InChI=1S/C20H21NO6/c1-2-24-11-12-25-20(23)14-7-9-15(10-8-14)21-19(22)18-13-26-16-5-3-4-6-17(16)27-18/h3-10,18H,2,11-13H2,1H3,(H,21,22)/t18-/m1/s1. The smallest absolute Gasteiger partial charge is 0.338 e. The van der Waals surface area contributed by atoms with E-state index >= 15 is 0 Å². The van der Waals surface area contributed by atoms with E-state index in [1.54, 1.807) is 36.4 Å². The normalized spacial score (nSPS) is 15.1. The second-order valence-electron chi connectivity index (χ2n) is 5.76. The largest absolute Gasteiger partial charge is 0.485 e. The van der Waals surface area contributed by atoms with Crippen LogP contribution in [0.5, 0.6) is 11.5 Å². The first-order chi connectivity index (χ1) is 13.2. The van der Waals surface area contributed by atoms with Crippen LogP contribution >= 0.6 is 0 Å². The number of amides is 1. The Morgan fingerprint density at radius 1 is 1.07 bits per heavy atom. The van der Waals surface area contributed by atoms with Crippen LogP contribution in [0.15, 0.2) is 48.5 Å². The first kappa shape index (κ1) is 18.7. The number of nitrogens with one attached hydrogen (secondary N) is 1. The van der Waals surface area contributed by atoms with Crippen molar-refractivity contribution in [3.63, 3.8) is 0 Å². The zero-order valence-electron chi connectivity index (χ0n) is 15.0. The Labute approximate surface area is 157 Å². The number of hydrogen-bond donors (Lipinski definition) is 1. The second kappa shape index (κ2) is 9.05. The summed E-state index contributed by atoms with van der Waals surface area (Å²) in [7, 11) is 0. The third-order valence-electron chi connectivity index (χ3n) is 3.85. The molecule has 1 aliphatic rings. The Bertz CT molecular complexity index is 789. The number of fused-ring (bicyclic) bond motifs is 1. The quantitative estimate of drug-likeness (QED) is 0.595. The van der Waals surface area contributed by atoms with Crippen LogP contribution in [-0.4, -0.2) is 44.4 Å². The predicted molar refractivity (Wildman–Crippen MR) is 98.2 cm³/mol. The fourth-order valence-electron chi connectivity index (χ4n) is 2.48. The maximum absolute atomic E-state index is 12.4. The van der Waals surface area contributed by atoms with E-state index in [-0.39, 0.29) is 19.1 Å². The monoisotopic (exact) mass is 371 g/mol. The molecule has 7 heteroatoms. The average Bonchev–Trinajstić information content (AvgIpc) is 2.71. The van der Waals surface area contributed by atoms with E-state index in [9.17, 15) is 9.59 Å². The summed E-state index contributed by atoms with van der Waals surface area (Å²) in [4.78, 5) is 24.3. The number of para-hydroxylation sites is 2. The molecular formula is C20H21NO6. The Hall–Kier alpha value is -3.06. The molecule has 2 aromatic carbocycles. The highest BCUT2D eigenvalue weighted by Gasteiger charge is 2.27. The molecular weight excluding hydrogens is 350 g/mol. The topological polar surface area (TPSA) is 83.1 Å².